The van der Waals surface area contributed by atoms with E-state index in [-0.39, 0.29) is 10.7 Å². The van der Waals surface area contributed by atoms with E-state index in [1.807, 2.05) is 18.4 Å². The summed E-state index contributed by atoms with van der Waals surface area (Å²) in [7, 11) is -2.44. The number of halogens is 3. The number of rotatable bonds is 5. The lowest BCUT2D eigenvalue weighted by molar-refractivity contribution is -0.137. The predicted octanol–water partition coefficient (Wildman–Crippen LogP) is 3.79. The highest BCUT2D eigenvalue weighted by Crippen LogP contribution is 2.37. The average molecular weight is 467 g/mol. The van der Waals surface area contributed by atoms with Gasteiger partial charge in [0, 0.05) is 23.6 Å². The molecule has 8 nitrogen and oxygen atoms in total. The summed E-state index contributed by atoms with van der Waals surface area (Å²) in [5, 5.41) is 2.94. The molecule has 0 amide bonds. The van der Waals surface area contributed by atoms with Crippen LogP contribution in [-0.2, 0) is 22.7 Å². The van der Waals surface area contributed by atoms with E-state index in [9.17, 15) is 21.6 Å². The van der Waals surface area contributed by atoms with Gasteiger partial charge in [-0.05, 0) is 51.2 Å². The fourth-order valence-electron chi connectivity index (χ4n) is 3.32. The lowest BCUT2D eigenvalue weighted by Crippen LogP contribution is -2.26. The first-order chi connectivity index (χ1) is 14.9. The standard InChI is InChI=1S/C20H20F3N5O3S/c1-19(2)11-28-10-16(27-18(28)31-19)14-8-13(32(29,30)24-3)5-6-15(14)26-17-7-4-12(9-25-17)20(21,22)23/h4-10,24H,11H2,1-3H3,(H,25,26). The number of alkyl halides is 3. The molecule has 2 aromatic heterocycles. The number of sulfonamides is 1. The number of nitrogens with zero attached hydrogens (tertiary/aromatic N) is 3. The summed E-state index contributed by atoms with van der Waals surface area (Å²) in [5.74, 6) is 0.160. The zero-order valence-corrected chi connectivity index (χ0v) is 18.2. The molecule has 0 spiro atoms. The van der Waals surface area contributed by atoms with Gasteiger partial charge >= 0.3 is 6.18 Å². The third-order valence-corrected chi connectivity index (χ3v) is 6.27. The first-order valence-electron chi connectivity index (χ1n) is 9.52. The van der Waals surface area contributed by atoms with E-state index in [0.717, 1.165) is 12.3 Å². The monoisotopic (exact) mass is 467 g/mol. The molecule has 0 atom stereocenters. The second-order valence-electron chi connectivity index (χ2n) is 7.87. The Bertz CT molecular complexity index is 1240. The maximum atomic E-state index is 12.8. The Morgan fingerprint density at radius 3 is 2.53 bits per heavy atom. The van der Waals surface area contributed by atoms with Gasteiger partial charge in [0.15, 0.2) is 0 Å². The maximum Gasteiger partial charge on any atom is 0.417 e. The number of aromatic nitrogens is 3. The minimum atomic E-state index is -4.50. The molecule has 0 bridgehead atoms. The van der Waals surface area contributed by atoms with E-state index in [1.165, 1.54) is 31.3 Å². The molecule has 0 saturated carbocycles. The number of ether oxygens (including phenoxy) is 1. The molecule has 1 aliphatic heterocycles. The minimum absolute atomic E-state index is 0.00957. The number of benzene rings is 1. The van der Waals surface area contributed by atoms with E-state index in [1.54, 1.807) is 6.20 Å². The largest absolute Gasteiger partial charge is 0.457 e. The highest BCUT2D eigenvalue weighted by molar-refractivity contribution is 7.89. The normalized spacial score (nSPS) is 15.3. The van der Waals surface area contributed by atoms with Crippen LogP contribution in [0.1, 0.15) is 19.4 Å². The van der Waals surface area contributed by atoms with Crippen LogP contribution in [0.4, 0.5) is 24.7 Å². The molecular weight excluding hydrogens is 447 g/mol. The summed E-state index contributed by atoms with van der Waals surface area (Å²) >= 11 is 0. The van der Waals surface area contributed by atoms with Crippen LogP contribution in [0.15, 0.2) is 47.6 Å². The molecule has 4 rings (SSSR count). The molecule has 1 aliphatic rings. The van der Waals surface area contributed by atoms with Crippen molar-refractivity contribution in [1.82, 2.24) is 19.3 Å². The van der Waals surface area contributed by atoms with Gasteiger partial charge in [-0.2, -0.15) is 18.2 Å². The number of imidazole rings is 1. The van der Waals surface area contributed by atoms with Gasteiger partial charge in [-0.15, -0.1) is 0 Å². The van der Waals surface area contributed by atoms with Crippen molar-refractivity contribution in [3.8, 4) is 17.3 Å². The first kappa shape index (κ1) is 22.1. The summed E-state index contributed by atoms with van der Waals surface area (Å²) in [4.78, 5) is 8.30. The highest BCUT2D eigenvalue weighted by Gasteiger charge is 2.33. The van der Waals surface area contributed by atoms with E-state index in [2.05, 4.69) is 20.0 Å². The number of anilines is 2. The van der Waals surface area contributed by atoms with Gasteiger partial charge in [0.2, 0.25) is 10.0 Å². The SMILES string of the molecule is CNS(=O)(=O)c1ccc(Nc2ccc(C(F)(F)F)cn2)c(-c2cn3c(n2)OC(C)(C)C3)c1. The smallest absolute Gasteiger partial charge is 0.417 e. The Balaban J connectivity index is 1.74. The summed E-state index contributed by atoms with van der Waals surface area (Å²) < 4.78 is 72.9. The fraction of sp³-hybridized carbons (Fsp3) is 0.300. The topological polar surface area (TPSA) is 98.1 Å². The minimum Gasteiger partial charge on any atom is -0.457 e. The van der Waals surface area contributed by atoms with Crippen molar-refractivity contribution in [2.45, 2.75) is 37.1 Å². The van der Waals surface area contributed by atoms with Crippen LogP contribution in [0.5, 0.6) is 6.01 Å². The predicted molar refractivity (Wildman–Crippen MR) is 111 cm³/mol. The van der Waals surface area contributed by atoms with E-state index in [0.29, 0.717) is 29.5 Å². The van der Waals surface area contributed by atoms with E-state index < -0.39 is 27.4 Å². The Kier molecular flexibility index (Phi) is 5.17. The van der Waals surface area contributed by atoms with Crippen LogP contribution in [0, 0.1) is 0 Å². The third kappa shape index (κ3) is 4.28. The molecule has 0 radical (unpaired) electrons. The molecule has 3 heterocycles. The van der Waals surface area contributed by atoms with Crippen molar-refractivity contribution in [2.75, 3.05) is 12.4 Å². The second-order valence-corrected chi connectivity index (χ2v) is 9.75. The molecule has 32 heavy (non-hydrogen) atoms. The molecule has 0 fully saturated rings. The lowest BCUT2D eigenvalue weighted by Gasteiger charge is -2.16. The van der Waals surface area contributed by atoms with Crippen molar-refractivity contribution in [3.63, 3.8) is 0 Å². The summed E-state index contributed by atoms with van der Waals surface area (Å²) in [6.07, 6.45) is -2.03. The summed E-state index contributed by atoms with van der Waals surface area (Å²) in [6, 6.07) is 6.82. The summed E-state index contributed by atoms with van der Waals surface area (Å²) in [6.45, 7) is 4.41. The Labute approximate surface area is 182 Å². The first-order valence-corrected chi connectivity index (χ1v) is 11.0. The van der Waals surface area contributed by atoms with Gasteiger partial charge in [-0.3, -0.25) is 4.57 Å². The number of pyridine rings is 1. The van der Waals surface area contributed by atoms with E-state index in [4.69, 9.17) is 4.74 Å². The quantitative estimate of drug-likeness (QED) is 0.593. The van der Waals surface area contributed by atoms with Crippen molar-refractivity contribution < 1.29 is 26.3 Å². The van der Waals surface area contributed by atoms with Crippen LogP contribution in [0.3, 0.4) is 0 Å². The molecule has 170 valence electrons. The van der Waals surface area contributed by atoms with Crippen LogP contribution in [0.25, 0.3) is 11.3 Å². The van der Waals surface area contributed by atoms with Gasteiger partial charge in [0.1, 0.15) is 11.4 Å². The molecule has 2 N–H and O–H groups in total. The van der Waals surface area contributed by atoms with Crippen molar-refractivity contribution >= 4 is 21.5 Å². The molecule has 3 aromatic rings. The van der Waals surface area contributed by atoms with E-state index >= 15 is 0 Å². The van der Waals surface area contributed by atoms with Crippen molar-refractivity contribution in [3.05, 3.63) is 48.3 Å². The Morgan fingerprint density at radius 1 is 1.19 bits per heavy atom. The van der Waals surface area contributed by atoms with Gasteiger partial charge in [0.25, 0.3) is 6.01 Å². The third-order valence-electron chi connectivity index (χ3n) is 4.86. The molecule has 0 unspecified atom stereocenters. The second kappa shape index (κ2) is 7.48. The molecule has 0 aliphatic carbocycles. The highest BCUT2D eigenvalue weighted by atomic mass is 32.2. The maximum absolute atomic E-state index is 12.8. The number of nitrogens with one attached hydrogen (secondary N) is 2. The molecule has 1 aromatic carbocycles. The molecule has 0 saturated heterocycles. The van der Waals surface area contributed by atoms with Gasteiger partial charge < -0.3 is 10.1 Å². The van der Waals surface area contributed by atoms with Gasteiger partial charge in [-0.25, -0.2) is 18.1 Å². The van der Waals surface area contributed by atoms with Gasteiger partial charge in [-0.1, -0.05) is 0 Å². The molecular formula is C20H20F3N5O3S. The Morgan fingerprint density at radius 2 is 1.94 bits per heavy atom. The zero-order valence-electron chi connectivity index (χ0n) is 17.4. The van der Waals surface area contributed by atoms with Crippen LogP contribution in [-0.4, -0.2) is 35.6 Å². The van der Waals surface area contributed by atoms with Gasteiger partial charge in [0.05, 0.1) is 22.7 Å². The lowest BCUT2D eigenvalue weighted by atomic mass is 10.1. The number of fused-ring (bicyclic) bond motifs is 1. The van der Waals surface area contributed by atoms with Crippen LogP contribution < -0.4 is 14.8 Å². The fourth-order valence-corrected chi connectivity index (χ4v) is 4.07. The number of hydrogen-bond acceptors (Lipinski definition) is 6. The van der Waals surface area contributed by atoms with Crippen LogP contribution in [0.2, 0.25) is 0 Å². The Hall–Kier alpha value is -3.12. The van der Waals surface area contributed by atoms with Crippen LogP contribution >= 0.6 is 0 Å². The zero-order chi connectivity index (χ0) is 23.3. The summed E-state index contributed by atoms with van der Waals surface area (Å²) in [5.41, 5.74) is 0.000387. The average Bonchev–Trinajstić information content (AvgIpc) is 3.21. The van der Waals surface area contributed by atoms with Crippen molar-refractivity contribution in [2.24, 2.45) is 0 Å². The van der Waals surface area contributed by atoms with Crippen molar-refractivity contribution in [1.29, 1.82) is 0 Å². The molecule has 12 heteroatoms. The number of hydrogen-bond donors (Lipinski definition) is 2.